The predicted molar refractivity (Wildman–Crippen MR) is 42.1 cm³/mol. The van der Waals surface area contributed by atoms with Gasteiger partial charge >= 0.3 is 0 Å². The smallest absolute Gasteiger partial charge is 0.194 e. The molecule has 0 aliphatic heterocycles. The van der Waals surface area contributed by atoms with Gasteiger partial charge in [0.2, 0.25) is 0 Å². The molecular weight excluding hydrogens is 142 g/mol. The van der Waals surface area contributed by atoms with E-state index >= 15 is 0 Å². The summed E-state index contributed by atoms with van der Waals surface area (Å²) in [6.07, 6.45) is 7.82. The van der Waals surface area contributed by atoms with Gasteiger partial charge in [-0.2, -0.15) is 0 Å². The van der Waals surface area contributed by atoms with Crippen LogP contribution in [-0.4, -0.2) is 15.8 Å². The van der Waals surface area contributed by atoms with Gasteiger partial charge in [0, 0.05) is 18.6 Å². The van der Waals surface area contributed by atoms with Crippen LogP contribution in [0.4, 0.5) is 0 Å². The minimum Gasteiger partial charge on any atom is -0.374 e. The SMILES string of the molecule is CC/C=N/OCn1ccnc1. The first-order chi connectivity index (χ1) is 5.43. The zero-order chi connectivity index (χ0) is 7.94. The zero-order valence-corrected chi connectivity index (χ0v) is 6.47. The van der Waals surface area contributed by atoms with Gasteiger partial charge < -0.3 is 9.40 Å². The van der Waals surface area contributed by atoms with Crippen LogP contribution in [0.3, 0.4) is 0 Å². The Morgan fingerprint density at radius 1 is 1.73 bits per heavy atom. The van der Waals surface area contributed by atoms with Crippen molar-refractivity contribution >= 4 is 6.21 Å². The Kier molecular flexibility index (Phi) is 3.18. The topological polar surface area (TPSA) is 39.4 Å². The summed E-state index contributed by atoms with van der Waals surface area (Å²) < 4.78 is 1.80. The van der Waals surface area contributed by atoms with Crippen LogP contribution in [0.25, 0.3) is 0 Å². The van der Waals surface area contributed by atoms with Crippen molar-refractivity contribution in [3.63, 3.8) is 0 Å². The lowest BCUT2D eigenvalue weighted by Crippen LogP contribution is -1.95. The fourth-order valence-electron chi connectivity index (χ4n) is 0.590. The third-order valence-electron chi connectivity index (χ3n) is 1.10. The number of hydrogen-bond acceptors (Lipinski definition) is 3. The average Bonchev–Trinajstić information content (AvgIpc) is 2.50. The molecule has 0 aliphatic carbocycles. The third-order valence-corrected chi connectivity index (χ3v) is 1.10. The molecule has 60 valence electrons. The first-order valence-electron chi connectivity index (χ1n) is 3.53. The molecule has 0 atom stereocenters. The average molecular weight is 153 g/mol. The molecule has 0 saturated carbocycles. The molecule has 4 nitrogen and oxygen atoms in total. The van der Waals surface area contributed by atoms with Gasteiger partial charge in [-0.3, -0.25) is 0 Å². The lowest BCUT2D eigenvalue weighted by Gasteiger charge is -1.97. The second-order valence-electron chi connectivity index (χ2n) is 2.03. The number of hydrogen-bond donors (Lipinski definition) is 0. The molecule has 11 heavy (non-hydrogen) atoms. The lowest BCUT2D eigenvalue weighted by molar-refractivity contribution is 0.0847. The fourth-order valence-corrected chi connectivity index (χ4v) is 0.590. The molecular formula is C7H11N3O. The molecule has 0 aliphatic rings. The highest BCUT2D eigenvalue weighted by molar-refractivity contribution is 5.55. The molecule has 0 aromatic carbocycles. The Bertz CT molecular complexity index is 205. The van der Waals surface area contributed by atoms with Crippen molar-refractivity contribution in [2.24, 2.45) is 5.16 Å². The maximum atomic E-state index is 4.91. The minimum absolute atomic E-state index is 0.427. The van der Waals surface area contributed by atoms with Crippen molar-refractivity contribution < 1.29 is 4.84 Å². The van der Waals surface area contributed by atoms with Crippen LogP contribution in [0.15, 0.2) is 23.9 Å². The van der Waals surface area contributed by atoms with Gasteiger partial charge in [0.15, 0.2) is 6.73 Å². The zero-order valence-electron chi connectivity index (χ0n) is 6.47. The van der Waals surface area contributed by atoms with Gasteiger partial charge in [-0.15, -0.1) is 0 Å². The summed E-state index contributed by atoms with van der Waals surface area (Å²) in [6.45, 7) is 2.43. The summed E-state index contributed by atoms with van der Waals surface area (Å²) in [7, 11) is 0. The van der Waals surface area contributed by atoms with Gasteiger partial charge in [0.1, 0.15) is 0 Å². The summed E-state index contributed by atoms with van der Waals surface area (Å²) in [5, 5.41) is 3.69. The minimum atomic E-state index is 0.427. The Balaban J connectivity index is 2.19. The van der Waals surface area contributed by atoms with Crippen molar-refractivity contribution in [2.45, 2.75) is 20.1 Å². The van der Waals surface area contributed by atoms with Crippen molar-refractivity contribution in [2.75, 3.05) is 0 Å². The van der Waals surface area contributed by atoms with E-state index in [-0.39, 0.29) is 0 Å². The van der Waals surface area contributed by atoms with Crippen LogP contribution in [0.5, 0.6) is 0 Å². The molecule has 0 radical (unpaired) electrons. The second-order valence-corrected chi connectivity index (χ2v) is 2.03. The number of aromatic nitrogens is 2. The third kappa shape index (κ3) is 2.84. The van der Waals surface area contributed by atoms with Gasteiger partial charge in [-0.05, 0) is 6.42 Å². The van der Waals surface area contributed by atoms with E-state index in [1.807, 2.05) is 13.1 Å². The van der Waals surface area contributed by atoms with E-state index in [2.05, 4.69) is 10.1 Å². The summed E-state index contributed by atoms with van der Waals surface area (Å²) >= 11 is 0. The molecule has 1 aromatic rings. The van der Waals surface area contributed by atoms with Gasteiger partial charge in [-0.25, -0.2) is 4.98 Å². The first kappa shape index (κ1) is 7.78. The van der Waals surface area contributed by atoms with E-state index in [1.54, 1.807) is 23.3 Å². The van der Waals surface area contributed by atoms with Crippen LogP contribution < -0.4 is 0 Å². The number of nitrogens with zero attached hydrogens (tertiary/aromatic N) is 3. The maximum absolute atomic E-state index is 4.91. The van der Waals surface area contributed by atoms with E-state index in [9.17, 15) is 0 Å². The number of rotatable bonds is 4. The second kappa shape index (κ2) is 4.49. The molecule has 0 fully saturated rings. The summed E-state index contributed by atoms with van der Waals surface area (Å²) in [4.78, 5) is 8.76. The van der Waals surface area contributed by atoms with Crippen LogP contribution in [0, 0.1) is 0 Å². The quantitative estimate of drug-likeness (QED) is 0.482. The predicted octanol–water partition coefficient (Wildman–Crippen LogP) is 1.25. The van der Waals surface area contributed by atoms with E-state index in [0.29, 0.717) is 6.73 Å². The normalized spacial score (nSPS) is 10.6. The van der Waals surface area contributed by atoms with Crippen LogP contribution in [-0.2, 0) is 11.6 Å². The summed E-state index contributed by atoms with van der Waals surface area (Å²) in [5.74, 6) is 0. The van der Waals surface area contributed by atoms with Gasteiger partial charge in [0.05, 0.1) is 6.33 Å². The molecule has 0 bridgehead atoms. The van der Waals surface area contributed by atoms with E-state index < -0.39 is 0 Å². The molecule has 1 heterocycles. The number of oxime groups is 1. The lowest BCUT2D eigenvalue weighted by atomic mass is 10.6. The van der Waals surface area contributed by atoms with Gasteiger partial charge in [0.25, 0.3) is 0 Å². The van der Waals surface area contributed by atoms with Crippen molar-refractivity contribution in [1.82, 2.24) is 9.55 Å². The molecule has 0 saturated heterocycles. The standard InChI is InChI=1S/C7H11N3O/c1-2-3-9-11-7-10-5-4-8-6-10/h3-6H,2,7H2,1H3/b9-3+. The van der Waals surface area contributed by atoms with Crippen molar-refractivity contribution in [1.29, 1.82) is 0 Å². The van der Waals surface area contributed by atoms with E-state index in [1.165, 1.54) is 0 Å². The van der Waals surface area contributed by atoms with Crippen molar-refractivity contribution in [3.8, 4) is 0 Å². The summed E-state index contributed by atoms with van der Waals surface area (Å²) in [6, 6.07) is 0. The molecule has 0 amide bonds. The Morgan fingerprint density at radius 3 is 3.27 bits per heavy atom. The van der Waals surface area contributed by atoms with Crippen LogP contribution >= 0.6 is 0 Å². The first-order valence-corrected chi connectivity index (χ1v) is 3.53. The van der Waals surface area contributed by atoms with Crippen molar-refractivity contribution in [3.05, 3.63) is 18.7 Å². The highest BCUT2D eigenvalue weighted by Crippen LogP contribution is 1.87. The monoisotopic (exact) mass is 153 g/mol. The van der Waals surface area contributed by atoms with E-state index in [4.69, 9.17) is 4.84 Å². The van der Waals surface area contributed by atoms with Crippen LogP contribution in [0.2, 0.25) is 0 Å². The highest BCUT2D eigenvalue weighted by Gasteiger charge is 1.84. The Hall–Kier alpha value is -1.32. The van der Waals surface area contributed by atoms with E-state index in [0.717, 1.165) is 6.42 Å². The molecule has 1 rings (SSSR count). The van der Waals surface area contributed by atoms with Crippen LogP contribution in [0.1, 0.15) is 13.3 Å². The maximum Gasteiger partial charge on any atom is 0.194 e. The molecule has 0 N–H and O–H groups in total. The largest absolute Gasteiger partial charge is 0.374 e. The fraction of sp³-hybridized carbons (Fsp3) is 0.429. The Labute approximate surface area is 65.5 Å². The Morgan fingerprint density at radius 2 is 2.64 bits per heavy atom. The molecule has 4 heteroatoms. The number of imidazole rings is 1. The summed E-state index contributed by atoms with van der Waals surface area (Å²) in [5.41, 5.74) is 0. The molecule has 0 spiro atoms. The highest BCUT2D eigenvalue weighted by atomic mass is 16.6. The molecule has 0 unspecified atom stereocenters. The van der Waals surface area contributed by atoms with Gasteiger partial charge in [-0.1, -0.05) is 12.1 Å². The molecule has 1 aromatic heterocycles.